The van der Waals surface area contributed by atoms with E-state index in [2.05, 4.69) is 11.4 Å². The van der Waals surface area contributed by atoms with Gasteiger partial charge in [-0.1, -0.05) is 37.1 Å². The second kappa shape index (κ2) is 8.68. The highest BCUT2D eigenvalue weighted by atomic mass is 35.5. The Balaban J connectivity index is 0.00000288. The molecule has 1 saturated carbocycles. The van der Waals surface area contributed by atoms with Gasteiger partial charge in [-0.05, 0) is 51.6 Å². The molecule has 0 saturated heterocycles. The summed E-state index contributed by atoms with van der Waals surface area (Å²) in [6.45, 7) is 7.73. The zero-order valence-electron chi connectivity index (χ0n) is 15.2. The van der Waals surface area contributed by atoms with Crippen LogP contribution in [0.3, 0.4) is 0 Å². The summed E-state index contributed by atoms with van der Waals surface area (Å²) in [5, 5.41) is 24.1. The van der Waals surface area contributed by atoms with Crippen molar-refractivity contribution in [1.29, 1.82) is 0 Å². The van der Waals surface area contributed by atoms with Crippen LogP contribution in [0.5, 0.6) is 0 Å². The van der Waals surface area contributed by atoms with Crippen LogP contribution in [-0.2, 0) is 11.2 Å². The van der Waals surface area contributed by atoms with E-state index in [1.165, 1.54) is 25.7 Å². The Morgan fingerprint density at radius 1 is 1.21 bits per heavy atom. The van der Waals surface area contributed by atoms with Gasteiger partial charge < -0.3 is 20.1 Å². The van der Waals surface area contributed by atoms with Crippen molar-refractivity contribution >= 4 is 25.0 Å². The lowest BCUT2D eigenvalue weighted by atomic mass is 9.76. The number of nitrogens with one attached hydrogen (secondary N) is 1. The molecule has 0 atom stereocenters. The van der Waals surface area contributed by atoms with E-state index in [0.717, 1.165) is 12.1 Å². The molecule has 0 radical (unpaired) electrons. The van der Waals surface area contributed by atoms with Crippen LogP contribution in [0.1, 0.15) is 58.9 Å². The van der Waals surface area contributed by atoms with E-state index in [1.807, 2.05) is 18.2 Å². The first kappa shape index (κ1) is 21.5. The highest BCUT2D eigenvalue weighted by Crippen LogP contribution is 2.25. The van der Waals surface area contributed by atoms with Gasteiger partial charge in [0.25, 0.3) is 0 Å². The van der Waals surface area contributed by atoms with Gasteiger partial charge in [0, 0.05) is 12.6 Å². The normalized spacial score (nSPS) is 16.1. The zero-order valence-corrected chi connectivity index (χ0v) is 16.0. The maximum absolute atomic E-state index is 10.4. The zero-order chi connectivity index (χ0) is 17.1. The Labute approximate surface area is 152 Å². The van der Waals surface area contributed by atoms with Crippen molar-refractivity contribution in [2.45, 2.75) is 77.2 Å². The monoisotopic (exact) mass is 355 g/mol. The van der Waals surface area contributed by atoms with Gasteiger partial charge in [-0.2, -0.15) is 0 Å². The average molecular weight is 356 g/mol. The SMILES string of the molecule is CC(C)(O)C(C)(C)OB(O)c1cccc(CNC2CCCC2)c1.Cl. The van der Waals surface area contributed by atoms with Crippen molar-refractivity contribution in [1.82, 2.24) is 5.32 Å². The maximum atomic E-state index is 10.4. The molecule has 0 unspecified atom stereocenters. The largest absolute Gasteiger partial charge is 0.491 e. The van der Waals surface area contributed by atoms with Gasteiger partial charge in [0.05, 0.1) is 11.2 Å². The van der Waals surface area contributed by atoms with Gasteiger partial charge in [-0.25, -0.2) is 0 Å². The van der Waals surface area contributed by atoms with Crippen molar-refractivity contribution in [3.8, 4) is 0 Å². The molecule has 0 bridgehead atoms. The third-order valence-electron chi connectivity index (χ3n) is 5.07. The first-order valence-corrected chi connectivity index (χ1v) is 8.59. The molecule has 0 amide bonds. The summed E-state index contributed by atoms with van der Waals surface area (Å²) < 4.78 is 5.71. The molecule has 0 aliphatic heterocycles. The van der Waals surface area contributed by atoms with E-state index in [-0.39, 0.29) is 12.4 Å². The van der Waals surface area contributed by atoms with Crippen LogP contribution in [0, 0.1) is 0 Å². The molecule has 1 aromatic carbocycles. The average Bonchev–Trinajstić information content (AvgIpc) is 2.97. The number of hydrogen-bond acceptors (Lipinski definition) is 4. The van der Waals surface area contributed by atoms with Crippen LogP contribution >= 0.6 is 12.4 Å². The molecule has 1 fully saturated rings. The lowest BCUT2D eigenvalue weighted by Crippen LogP contribution is -2.53. The molecule has 1 aliphatic rings. The molecule has 1 aliphatic carbocycles. The molecule has 6 heteroatoms. The summed E-state index contributed by atoms with van der Waals surface area (Å²) in [7, 11) is -1.05. The van der Waals surface area contributed by atoms with Crippen molar-refractivity contribution in [2.75, 3.05) is 0 Å². The van der Waals surface area contributed by atoms with Gasteiger partial charge >= 0.3 is 7.12 Å². The number of hydrogen-bond donors (Lipinski definition) is 3. The summed E-state index contributed by atoms with van der Waals surface area (Å²) in [4.78, 5) is 0. The number of aliphatic hydroxyl groups is 1. The summed E-state index contributed by atoms with van der Waals surface area (Å²) in [5.41, 5.74) is -0.0497. The Morgan fingerprint density at radius 3 is 2.42 bits per heavy atom. The fourth-order valence-electron chi connectivity index (χ4n) is 2.74. The Hall–Kier alpha value is -0.585. The molecule has 0 heterocycles. The molecule has 0 spiro atoms. The summed E-state index contributed by atoms with van der Waals surface area (Å²) in [6.07, 6.45) is 5.14. The molecule has 2 rings (SSSR count). The third-order valence-corrected chi connectivity index (χ3v) is 5.07. The lowest BCUT2D eigenvalue weighted by molar-refractivity contribution is -0.0982. The van der Waals surface area contributed by atoms with Crippen LogP contribution in [-0.4, -0.2) is 34.5 Å². The van der Waals surface area contributed by atoms with Crippen LogP contribution in [0.25, 0.3) is 0 Å². The van der Waals surface area contributed by atoms with E-state index in [9.17, 15) is 10.1 Å². The lowest BCUT2D eigenvalue weighted by Gasteiger charge is -2.38. The van der Waals surface area contributed by atoms with Crippen LogP contribution in [0.2, 0.25) is 0 Å². The summed E-state index contributed by atoms with van der Waals surface area (Å²) in [5.74, 6) is 0. The Kier molecular flexibility index (Phi) is 7.76. The number of benzene rings is 1. The maximum Gasteiger partial charge on any atom is 0.491 e. The van der Waals surface area contributed by atoms with Gasteiger partial charge in [0.1, 0.15) is 0 Å². The molecule has 1 aromatic rings. The fourth-order valence-corrected chi connectivity index (χ4v) is 2.74. The molecule has 0 aromatic heterocycles. The Morgan fingerprint density at radius 2 is 1.83 bits per heavy atom. The molecule has 3 N–H and O–H groups in total. The van der Waals surface area contributed by atoms with Gasteiger partial charge in [0.15, 0.2) is 0 Å². The summed E-state index contributed by atoms with van der Waals surface area (Å²) in [6, 6.07) is 8.43. The fraction of sp³-hybridized carbons (Fsp3) is 0.667. The van der Waals surface area contributed by atoms with Crippen LogP contribution in [0.15, 0.2) is 24.3 Å². The molecule has 24 heavy (non-hydrogen) atoms. The second-order valence-electron chi connectivity index (χ2n) is 7.65. The minimum absolute atomic E-state index is 0. The van der Waals surface area contributed by atoms with Crippen molar-refractivity contribution in [2.24, 2.45) is 0 Å². The van der Waals surface area contributed by atoms with Crippen molar-refractivity contribution in [3.05, 3.63) is 29.8 Å². The predicted octanol–water partition coefficient (Wildman–Crippen LogP) is 2.39. The van der Waals surface area contributed by atoms with Gasteiger partial charge in [0.2, 0.25) is 0 Å². The highest BCUT2D eigenvalue weighted by molar-refractivity contribution is 6.60. The van der Waals surface area contributed by atoms with E-state index in [4.69, 9.17) is 4.65 Å². The van der Waals surface area contributed by atoms with Gasteiger partial charge in [-0.15, -0.1) is 12.4 Å². The highest BCUT2D eigenvalue weighted by Gasteiger charge is 2.39. The van der Waals surface area contributed by atoms with Gasteiger partial charge in [-0.3, -0.25) is 0 Å². The molecule has 4 nitrogen and oxygen atoms in total. The second-order valence-corrected chi connectivity index (χ2v) is 7.65. The predicted molar refractivity (Wildman–Crippen MR) is 102 cm³/mol. The van der Waals surface area contributed by atoms with E-state index in [0.29, 0.717) is 11.5 Å². The quantitative estimate of drug-likeness (QED) is 0.657. The third kappa shape index (κ3) is 5.75. The topological polar surface area (TPSA) is 61.7 Å². The smallest absolute Gasteiger partial charge is 0.423 e. The number of rotatable bonds is 7. The first-order valence-electron chi connectivity index (χ1n) is 8.59. The minimum atomic E-state index is -1.05. The van der Waals surface area contributed by atoms with E-state index >= 15 is 0 Å². The standard InChI is InChI=1S/C18H30BNO3.ClH/c1-17(2,21)18(3,4)23-19(22)15-9-7-8-14(12-15)13-20-16-10-5-6-11-16;/h7-9,12,16,20-22H,5-6,10-11,13H2,1-4H3;1H. The van der Waals surface area contributed by atoms with Crippen molar-refractivity contribution in [3.63, 3.8) is 0 Å². The van der Waals surface area contributed by atoms with Crippen LogP contribution in [0.4, 0.5) is 0 Å². The minimum Gasteiger partial charge on any atom is -0.423 e. The van der Waals surface area contributed by atoms with E-state index < -0.39 is 18.3 Å². The first-order chi connectivity index (χ1) is 10.7. The molecular formula is C18H31BClNO3. The van der Waals surface area contributed by atoms with E-state index in [1.54, 1.807) is 27.7 Å². The molecular weight excluding hydrogens is 324 g/mol. The Bertz CT molecular complexity index is 513. The number of halogens is 1. The summed E-state index contributed by atoms with van der Waals surface area (Å²) >= 11 is 0. The molecule has 136 valence electrons. The van der Waals surface area contributed by atoms with Crippen molar-refractivity contribution < 1.29 is 14.8 Å². The van der Waals surface area contributed by atoms with Crippen LogP contribution < -0.4 is 10.8 Å².